The molecule has 0 aliphatic heterocycles. The molecule has 1 heterocycles. The summed E-state index contributed by atoms with van der Waals surface area (Å²) in [6.07, 6.45) is 0.915. The molecule has 2 N–H and O–H groups in total. The highest BCUT2D eigenvalue weighted by Crippen LogP contribution is 2.27. The van der Waals surface area contributed by atoms with Crippen LogP contribution in [0, 0.1) is 6.92 Å². The molecular weight excluding hydrogens is 312 g/mol. The second-order valence-corrected chi connectivity index (χ2v) is 6.95. The van der Waals surface area contributed by atoms with Crippen molar-refractivity contribution in [2.75, 3.05) is 13.8 Å². The SMILES string of the molecule is COc1ccccc1OCNC(C)(C)Cc1c(C)[nH]c2ccccc12. The highest BCUT2D eigenvalue weighted by molar-refractivity contribution is 5.84. The number of hydrogen-bond donors (Lipinski definition) is 2. The van der Waals surface area contributed by atoms with Crippen LogP contribution in [-0.4, -0.2) is 24.4 Å². The minimum Gasteiger partial charge on any atom is -0.493 e. The van der Waals surface area contributed by atoms with Gasteiger partial charge in [-0.15, -0.1) is 0 Å². The minimum absolute atomic E-state index is 0.0995. The fourth-order valence-corrected chi connectivity index (χ4v) is 3.11. The first-order chi connectivity index (χ1) is 12.0. The normalized spacial score (nSPS) is 11.7. The molecule has 0 amide bonds. The zero-order valence-electron chi connectivity index (χ0n) is 15.3. The zero-order chi connectivity index (χ0) is 17.9. The van der Waals surface area contributed by atoms with E-state index in [1.807, 2.05) is 24.3 Å². The maximum Gasteiger partial charge on any atom is 0.163 e. The van der Waals surface area contributed by atoms with E-state index in [-0.39, 0.29) is 5.54 Å². The van der Waals surface area contributed by atoms with Crippen LogP contribution in [0.3, 0.4) is 0 Å². The summed E-state index contributed by atoms with van der Waals surface area (Å²) in [6, 6.07) is 16.1. The summed E-state index contributed by atoms with van der Waals surface area (Å²) in [5.41, 5.74) is 3.67. The van der Waals surface area contributed by atoms with Crippen molar-refractivity contribution in [2.45, 2.75) is 32.7 Å². The van der Waals surface area contributed by atoms with E-state index >= 15 is 0 Å². The van der Waals surface area contributed by atoms with Gasteiger partial charge < -0.3 is 14.5 Å². The summed E-state index contributed by atoms with van der Waals surface area (Å²) >= 11 is 0. The van der Waals surface area contributed by atoms with E-state index in [0.29, 0.717) is 6.73 Å². The van der Waals surface area contributed by atoms with E-state index in [0.717, 1.165) is 17.9 Å². The lowest BCUT2D eigenvalue weighted by Gasteiger charge is -2.27. The van der Waals surface area contributed by atoms with E-state index in [4.69, 9.17) is 9.47 Å². The predicted molar refractivity (Wildman–Crippen MR) is 102 cm³/mol. The average molecular weight is 338 g/mol. The van der Waals surface area contributed by atoms with E-state index in [1.54, 1.807) is 7.11 Å². The molecule has 0 bridgehead atoms. The third kappa shape index (κ3) is 3.97. The highest BCUT2D eigenvalue weighted by atomic mass is 16.5. The highest BCUT2D eigenvalue weighted by Gasteiger charge is 2.21. The summed E-state index contributed by atoms with van der Waals surface area (Å²) in [7, 11) is 1.65. The molecule has 3 rings (SSSR count). The number of hydrogen-bond acceptors (Lipinski definition) is 3. The first-order valence-corrected chi connectivity index (χ1v) is 8.57. The summed E-state index contributed by atoms with van der Waals surface area (Å²) in [5.74, 6) is 1.49. The number of methoxy groups -OCH3 is 1. The molecule has 25 heavy (non-hydrogen) atoms. The summed E-state index contributed by atoms with van der Waals surface area (Å²) in [5, 5.41) is 4.79. The fourth-order valence-electron chi connectivity index (χ4n) is 3.11. The number of fused-ring (bicyclic) bond motifs is 1. The number of nitrogens with one attached hydrogen (secondary N) is 2. The zero-order valence-corrected chi connectivity index (χ0v) is 15.3. The quantitative estimate of drug-likeness (QED) is 0.626. The van der Waals surface area contributed by atoms with Crippen LogP contribution in [0.25, 0.3) is 10.9 Å². The van der Waals surface area contributed by atoms with Gasteiger partial charge in [-0.05, 0) is 51.0 Å². The molecular formula is C21H26N2O2. The number of aromatic nitrogens is 1. The number of aromatic amines is 1. The second-order valence-electron chi connectivity index (χ2n) is 6.95. The van der Waals surface area contributed by atoms with Gasteiger partial charge >= 0.3 is 0 Å². The van der Waals surface area contributed by atoms with Crippen LogP contribution in [0.5, 0.6) is 11.5 Å². The standard InChI is InChI=1S/C21H26N2O2/c1-15-17(16-9-5-6-10-18(16)23-15)13-21(2,3)22-14-25-20-12-8-7-11-19(20)24-4/h5-12,22-23H,13-14H2,1-4H3. The van der Waals surface area contributed by atoms with Crippen LogP contribution in [-0.2, 0) is 6.42 Å². The molecule has 0 aliphatic carbocycles. The third-order valence-corrected chi connectivity index (χ3v) is 4.49. The molecule has 1 aromatic heterocycles. The molecule has 0 saturated heterocycles. The van der Waals surface area contributed by atoms with Crippen LogP contribution in [0.1, 0.15) is 25.1 Å². The van der Waals surface area contributed by atoms with Crippen molar-refractivity contribution in [1.29, 1.82) is 0 Å². The molecule has 4 heteroatoms. The van der Waals surface area contributed by atoms with Crippen LogP contribution in [0.15, 0.2) is 48.5 Å². The predicted octanol–water partition coefficient (Wildman–Crippen LogP) is 4.43. The monoisotopic (exact) mass is 338 g/mol. The summed E-state index contributed by atoms with van der Waals surface area (Å²) < 4.78 is 11.2. The summed E-state index contributed by atoms with van der Waals surface area (Å²) in [6.45, 7) is 6.95. The molecule has 0 spiro atoms. The molecule has 0 fully saturated rings. The van der Waals surface area contributed by atoms with Crippen molar-refractivity contribution in [2.24, 2.45) is 0 Å². The first kappa shape index (κ1) is 17.4. The number of para-hydroxylation sites is 3. The van der Waals surface area contributed by atoms with Crippen molar-refractivity contribution in [3.8, 4) is 11.5 Å². The van der Waals surface area contributed by atoms with Crippen LogP contribution < -0.4 is 14.8 Å². The van der Waals surface area contributed by atoms with Crippen molar-refractivity contribution in [3.05, 3.63) is 59.8 Å². The Morgan fingerprint density at radius 3 is 2.44 bits per heavy atom. The minimum atomic E-state index is -0.0995. The number of rotatable bonds is 7. The lowest BCUT2D eigenvalue weighted by molar-refractivity contribution is 0.220. The molecule has 0 aliphatic rings. The van der Waals surface area contributed by atoms with Crippen LogP contribution >= 0.6 is 0 Å². The van der Waals surface area contributed by atoms with Crippen LogP contribution in [0.4, 0.5) is 0 Å². The first-order valence-electron chi connectivity index (χ1n) is 8.57. The molecule has 0 radical (unpaired) electrons. The molecule has 0 unspecified atom stereocenters. The third-order valence-electron chi connectivity index (χ3n) is 4.49. The van der Waals surface area contributed by atoms with E-state index < -0.39 is 0 Å². The Morgan fingerprint density at radius 2 is 1.68 bits per heavy atom. The van der Waals surface area contributed by atoms with Gasteiger partial charge in [-0.1, -0.05) is 30.3 Å². The van der Waals surface area contributed by atoms with Gasteiger partial charge in [0.05, 0.1) is 7.11 Å². The van der Waals surface area contributed by atoms with E-state index in [2.05, 4.69) is 55.3 Å². The van der Waals surface area contributed by atoms with E-state index in [1.165, 1.54) is 22.2 Å². The Hall–Kier alpha value is -2.46. The largest absolute Gasteiger partial charge is 0.493 e. The Kier molecular flexibility index (Phi) is 5.00. The molecule has 0 atom stereocenters. The van der Waals surface area contributed by atoms with Gasteiger partial charge in [0.25, 0.3) is 0 Å². The van der Waals surface area contributed by atoms with Gasteiger partial charge in [0.2, 0.25) is 0 Å². The molecule has 4 nitrogen and oxygen atoms in total. The number of benzene rings is 2. The van der Waals surface area contributed by atoms with Crippen LogP contribution in [0.2, 0.25) is 0 Å². The van der Waals surface area contributed by atoms with Crippen molar-refractivity contribution in [1.82, 2.24) is 10.3 Å². The van der Waals surface area contributed by atoms with Gasteiger partial charge in [-0.3, -0.25) is 5.32 Å². The Bertz CT molecular complexity index is 852. The molecule has 0 saturated carbocycles. The average Bonchev–Trinajstić information content (AvgIpc) is 2.90. The Morgan fingerprint density at radius 1 is 1.00 bits per heavy atom. The lowest BCUT2D eigenvalue weighted by Crippen LogP contribution is -2.43. The second kappa shape index (κ2) is 7.19. The van der Waals surface area contributed by atoms with E-state index in [9.17, 15) is 0 Å². The Balaban J connectivity index is 1.66. The van der Waals surface area contributed by atoms with Gasteiger partial charge in [-0.25, -0.2) is 0 Å². The Labute approximate surface area is 149 Å². The molecule has 2 aromatic carbocycles. The van der Waals surface area contributed by atoms with Gasteiger partial charge in [0.15, 0.2) is 11.5 Å². The maximum absolute atomic E-state index is 5.86. The lowest BCUT2D eigenvalue weighted by atomic mass is 9.93. The van der Waals surface area contributed by atoms with Crippen molar-refractivity contribution >= 4 is 10.9 Å². The van der Waals surface area contributed by atoms with Gasteiger partial charge in [0, 0.05) is 22.1 Å². The fraction of sp³-hybridized carbons (Fsp3) is 0.333. The summed E-state index contributed by atoms with van der Waals surface area (Å²) in [4.78, 5) is 3.47. The van der Waals surface area contributed by atoms with Crippen molar-refractivity contribution < 1.29 is 9.47 Å². The topological polar surface area (TPSA) is 46.3 Å². The van der Waals surface area contributed by atoms with Gasteiger partial charge in [0.1, 0.15) is 6.73 Å². The maximum atomic E-state index is 5.86. The van der Waals surface area contributed by atoms with Gasteiger partial charge in [-0.2, -0.15) is 0 Å². The number of H-pyrrole nitrogens is 1. The van der Waals surface area contributed by atoms with Crippen molar-refractivity contribution in [3.63, 3.8) is 0 Å². The smallest absolute Gasteiger partial charge is 0.163 e. The number of ether oxygens (including phenoxy) is 2. The molecule has 3 aromatic rings. The molecule has 132 valence electrons. The number of aryl methyl sites for hydroxylation is 1.